The maximum Gasteiger partial charge on any atom is 0.267 e. The van der Waals surface area contributed by atoms with E-state index in [1.165, 1.54) is 11.3 Å². The van der Waals surface area contributed by atoms with E-state index < -0.39 is 0 Å². The molecule has 0 spiro atoms. The van der Waals surface area contributed by atoms with Gasteiger partial charge in [-0.2, -0.15) is 0 Å². The number of nitrogens with two attached hydrogens (primary N) is 1. The van der Waals surface area contributed by atoms with E-state index in [0.717, 1.165) is 44.2 Å². The summed E-state index contributed by atoms with van der Waals surface area (Å²) in [4.78, 5) is 21.3. The minimum absolute atomic E-state index is 0.0240. The van der Waals surface area contributed by atoms with E-state index >= 15 is 0 Å². The predicted octanol–water partition coefficient (Wildman–Crippen LogP) is 1.57. The summed E-state index contributed by atoms with van der Waals surface area (Å²) in [6, 6.07) is 0. The number of thiazole rings is 1. The van der Waals surface area contributed by atoms with Crippen molar-refractivity contribution >= 4 is 28.2 Å². The van der Waals surface area contributed by atoms with E-state index in [1.54, 1.807) is 4.90 Å². The lowest BCUT2D eigenvalue weighted by Gasteiger charge is -2.20. The Kier molecular flexibility index (Phi) is 5.41. The number of hydrogen-bond acceptors (Lipinski definition) is 6. The number of anilines is 2. The van der Waals surface area contributed by atoms with Gasteiger partial charge in [-0.1, -0.05) is 18.3 Å². The number of likely N-dealkylation sites (tertiary alicyclic amines) is 1. The largest absolute Gasteiger partial charge is 0.382 e. The molecule has 6 nitrogen and oxygen atoms in total. The fourth-order valence-corrected chi connectivity index (χ4v) is 3.52. The third-order valence-corrected chi connectivity index (χ3v) is 4.76. The first kappa shape index (κ1) is 16.0. The van der Waals surface area contributed by atoms with Gasteiger partial charge in [0.25, 0.3) is 5.91 Å². The molecule has 7 heteroatoms. The maximum atomic E-state index is 12.5. The van der Waals surface area contributed by atoms with Gasteiger partial charge in [-0.05, 0) is 32.4 Å². The molecule has 118 valence electrons. The molecule has 1 amide bonds. The van der Waals surface area contributed by atoms with Crippen molar-refractivity contribution in [3.05, 3.63) is 4.88 Å². The highest BCUT2D eigenvalue weighted by Crippen LogP contribution is 2.26. The molecule has 21 heavy (non-hydrogen) atoms. The molecule has 1 aliphatic heterocycles. The van der Waals surface area contributed by atoms with E-state index in [0.29, 0.717) is 16.6 Å². The van der Waals surface area contributed by atoms with Gasteiger partial charge in [-0.15, -0.1) is 0 Å². The maximum absolute atomic E-state index is 12.5. The minimum atomic E-state index is -0.0240. The molecule has 0 aliphatic carbocycles. The van der Waals surface area contributed by atoms with Crippen LogP contribution in [0.5, 0.6) is 0 Å². The lowest BCUT2D eigenvalue weighted by molar-refractivity contribution is 0.0779. The highest BCUT2D eigenvalue weighted by Gasteiger charge is 2.25. The summed E-state index contributed by atoms with van der Waals surface area (Å²) in [5.74, 6) is 0.860. The van der Waals surface area contributed by atoms with Crippen molar-refractivity contribution in [2.75, 3.05) is 51.3 Å². The van der Waals surface area contributed by atoms with Gasteiger partial charge in [0.05, 0.1) is 0 Å². The second-order valence-corrected chi connectivity index (χ2v) is 6.76. The standard InChI is InChI=1S/C14H25N5OS/c1-4-6-16-14-17-12(15)11(21-14)13(20)19(3)9-10-5-7-18(2)8-10/h10H,4-9,15H2,1-3H3,(H,16,17). The van der Waals surface area contributed by atoms with Gasteiger partial charge in [0.15, 0.2) is 5.13 Å². The number of aromatic nitrogens is 1. The van der Waals surface area contributed by atoms with E-state index in [2.05, 4.69) is 29.2 Å². The minimum Gasteiger partial charge on any atom is -0.382 e. The number of carbonyl (C=O) groups is 1. The van der Waals surface area contributed by atoms with Gasteiger partial charge < -0.3 is 20.9 Å². The average Bonchev–Trinajstić information content (AvgIpc) is 3.01. The topological polar surface area (TPSA) is 74.5 Å². The van der Waals surface area contributed by atoms with Gasteiger partial charge in [-0.25, -0.2) is 4.98 Å². The van der Waals surface area contributed by atoms with Crippen LogP contribution in [0.3, 0.4) is 0 Å². The molecule has 1 saturated heterocycles. The normalized spacial score (nSPS) is 18.9. The van der Waals surface area contributed by atoms with Crippen LogP contribution in [0.15, 0.2) is 0 Å². The summed E-state index contributed by atoms with van der Waals surface area (Å²) in [7, 11) is 3.97. The molecule has 1 aromatic rings. The highest BCUT2D eigenvalue weighted by molar-refractivity contribution is 7.18. The molecule has 0 bridgehead atoms. The van der Waals surface area contributed by atoms with Crippen LogP contribution in [0, 0.1) is 5.92 Å². The molecule has 1 fully saturated rings. The smallest absolute Gasteiger partial charge is 0.267 e. The Bertz CT molecular complexity index is 490. The Labute approximate surface area is 130 Å². The van der Waals surface area contributed by atoms with Crippen LogP contribution in [0.2, 0.25) is 0 Å². The number of carbonyl (C=O) groups excluding carboxylic acids is 1. The van der Waals surface area contributed by atoms with E-state index in [-0.39, 0.29) is 5.91 Å². The van der Waals surface area contributed by atoms with Gasteiger partial charge in [0, 0.05) is 26.7 Å². The molecule has 0 aromatic carbocycles. The molecule has 3 N–H and O–H groups in total. The van der Waals surface area contributed by atoms with Crippen LogP contribution in [-0.4, -0.2) is 61.0 Å². The SMILES string of the molecule is CCCNc1nc(N)c(C(=O)N(C)CC2CCN(C)C2)s1. The molecular formula is C14H25N5OS. The second kappa shape index (κ2) is 7.09. The Balaban J connectivity index is 1.96. The van der Waals surface area contributed by atoms with Crippen molar-refractivity contribution in [2.45, 2.75) is 19.8 Å². The number of rotatable bonds is 6. The Morgan fingerprint density at radius 1 is 1.62 bits per heavy atom. The van der Waals surface area contributed by atoms with E-state index in [1.807, 2.05) is 7.05 Å². The first-order valence-electron chi connectivity index (χ1n) is 7.45. The van der Waals surface area contributed by atoms with Crippen LogP contribution in [0.4, 0.5) is 10.9 Å². The Hall–Kier alpha value is -1.34. The van der Waals surface area contributed by atoms with Crippen molar-refractivity contribution in [1.82, 2.24) is 14.8 Å². The summed E-state index contributed by atoms with van der Waals surface area (Å²) in [6.45, 7) is 5.87. The fraction of sp³-hybridized carbons (Fsp3) is 0.714. The van der Waals surface area contributed by atoms with Crippen molar-refractivity contribution in [3.8, 4) is 0 Å². The van der Waals surface area contributed by atoms with Crippen molar-refractivity contribution in [3.63, 3.8) is 0 Å². The second-order valence-electron chi connectivity index (χ2n) is 5.76. The Morgan fingerprint density at radius 2 is 2.38 bits per heavy atom. The first-order chi connectivity index (χ1) is 10.0. The Morgan fingerprint density at radius 3 is 3.00 bits per heavy atom. The van der Waals surface area contributed by atoms with Crippen molar-refractivity contribution < 1.29 is 4.79 Å². The predicted molar refractivity (Wildman–Crippen MR) is 87.9 cm³/mol. The fourth-order valence-electron chi connectivity index (χ4n) is 2.61. The lowest BCUT2D eigenvalue weighted by Crippen LogP contribution is -2.32. The third-order valence-electron chi connectivity index (χ3n) is 3.74. The van der Waals surface area contributed by atoms with Crippen LogP contribution in [0.25, 0.3) is 0 Å². The lowest BCUT2D eigenvalue weighted by atomic mass is 10.1. The number of nitrogens with zero attached hydrogens (tertiary/aromatic N) is 3. The molecule has 1 aromatic heterocycles. The van der Waals surface area contributed by atoms with Gasteiger partial charge >= 0.3 is 0 Å². The average molecular weight is 311 g/mol. The molecular weight excluding hydrogens is 286 g/mol. The number of amides is 1. The summed E-state index contributed by atoms with van der Waals surface area (Å²) in [5.41, 5.74) is 5.89. The molecule has 1 unspecified atom stereocenters. The van der Waals surface area contributed by atoms with Gasteiger partial charge in [-0.3, -0.25) is 4.79 Å². The number of nitrogens with one attached hydrogen (secondary N) is 1. The zero-order valence-electron chi connectivity index (χ0n) is 13.1. The van der Waals surface area contributed by atoms with Crippen molar-refractivity contribution in [2.24, 2.45) is 5.92 Å². The van der Waals surface area contributed by atoms with Crippen LogP contribution in [-0.2, 0) is 0 Å². The molecule has 0 radical (unpaired) electrons. The monoisotopic (exact) mass is 311 g/mol. The van der Waals surface area contributed by atoms with Crippen molar-refractivity contribution in [1.29, 1.82) is 0 Å². The number of hydrogen-bond donors (Lipinski definition) is 2. The van der Waals surface area contributed by atoms with E-state index in [9.17, 15) is 4.79 Å². The third kappa shape index (κ3) is 4.07. The number of nitrogen functional groups attached to an aromatic ring is 1. The molecule has 1 atom stereocenters. The molecule has 0 saturated carbocycles. The zero-order chi connectivity index (χ0) is 15.4. The molecule has 1 aliphatic rings. The summed E-state index contributed by atoms with van der Waals surface area (Å²) >= 11 is 1.35. The summed E-state index contributed by atoms with van der Waals surface area (Å²) in [5, 5.41) is 3.91. The zero-order valence-corrected chi connectivity index (χ0v) is 13.9. The quantitative estimate of drug-likeness (QED) is 0.834. The molecule has 2 heterocycles. The van der Waals surface area contributed by atoms with Crippen LogP contribution >= 0.6 is 11.3 Å². The molecule has 2 rings (SSSR count). The first-order valence-corrected chi connectivity index (χ1v) is 8.27. The highest BCUT2D eigenvalue weighted by atomic mass is 32.1. The van der Waals surface area contributed by atoms with Gasteiger partial charge in [0.1, 0.15) is 10.7 Å². The summed E-state index contributed by atoms with van der Waals surface area (Å²) < 4.78 is 0. The van der Waals surface area contributed by atoms with Crippen LogP contribution in [0.1, 0.15) is 29.4 Å². The van der Waals surface area contributed by atoms with Crippen LogP contribution < -0.4 is 11.1 Å². The van der Waals surface area contributed by atoms with Gasteiger partial charge in [0.2, 0.25) is 0 Å². The van der Waals surface area contributed by atoms with E-state index in [4.69, 9.17) is 5.73 Å². The summed E-state index contributed by atoms with van der Waals surface area (Å²) in [6.07, 6.45) is 2.16.